The second kappa shape index (κ2) is 3.30. The van der Waals surface area contributed by atoms with Crippen LogP contribution in [-0.4, -0.2) is 15.0 Å². The van der Waals surface area contributed by atoms with Crippen LogP contribution in [0.2, 0.25) is 0 Å². The Morgan fingerprint density at radius 1 is 1.12 bits per heavy atom. The van der Waals surface area contributed by atoms with Crippen LogP contribution in [0.1, 0.15) is 25.6 Å². The van der Waals surface area contributed by atoms with Gasteiger partial charge in [0.15, 0.2) is 0 Å². The highest BCUT2D eigenvalue weighted by Crippen LogP contribution is 2.24. The first kappa shape index (κ1) is 9.33. The summed E-state index contributed by atoms with van der Waals surface area (Å²) in [6.45, 7) is 4.20. The van der Waals surface area contributed by atoms with Gasteiger partial charge in [-0.3, -0.25) is 0 Å². The molecular weight excluding hydrogens is 198 g/mol. The Hall–Kier alpha value is -1.90. The molecule has 0 fully saturated rings. The van der Waals surface area contributed by atoms with Gasteiger partial charge in [0.05, 0.1) is 0 Å². The fourth-order valence-electron chi connectivity index (χ4n) is 1.92. The predicted molar refractivity (Wildman–Crippen MR) is 65.5 cm³/mol. The van der Waals surface area contributed by atoms with Gasteiger partial charge in [0, 0.05) is 28.4 Å². The third-order valence-electron chi connectivity index (χ3n) is 2.79. The minimum atomic E-state index is 0.357. The van der Waals surface area contributed by atoms with E-state index in [0.717, 1.165) is 22.4 Å². The van der Waals surface area contributed by atoms with Crippen LogP contribution in [0.3, 0.4) is 0 Å². The van der Waals surface area contributed by atoms with Gasteiger partial charge in [0.2, 0.25) is 0 Å². The quantitative estimate of drug-likeness (QED) is 0.671. The SMILES string of the molecule is CC(C)c1ncc2c(n1)[nH]c1ccccc12. The van der Waals surface area contributed by atoms with E-state index in [-0.39, 0.29) is 0 Å². The zero-order valence-electron chi connectivity index (χ0n) is 9.36. The Kier molecular flexibility index (Phi) is 1.93. The Morgan fingerprint density at radius 2 is 1.94 bits per heavy atom. The predicted octanol–water partition coefficient (Wildman–Crippen LogP) is 3.23. The molecule has 0 aliphatic carbocycles. The summed E-state index contributed by atoms with van der Waals surface area (Å²) >= 11 is 0. The molecule has 0 saturated carbocycles. The first-order valence-corrected chi connectivity index (χ1v) is 5.49. The third kappa shape index (κ3) is 1.28. The lowest BCUT2D eigenvalue weighted by Gasteiger charge is -2.01. The number of para-hydroxylation sites is 1. The number of nitrogens with zero attached hydrogens (tertiary/aromatic N) is 2. The molecule has 3 nitrogen and oxygen atoms in total. The first-order valence-electron chi connectivity index (χ1n) is 5.49. The second-order valence-electron chi connectivity index (χ2n) is 4.32. The maximum absolute atomic E-state index is 4.55. The van der Waals surface area contributed by atoms with Crippen LogP contribution in [-0.2, 0) is 0 Å². The summed E-state index contributed by atoms with van der Waals surface area (Å²) in [6, 6.07) is 8.21. The number of benzene rings is 1. The van der Waals surface area contributed by atoms with Crippen molar-refractivity contribution in [3.05, 3.63) is 36.3 Å². The summed E-state index contributed by atoms with van der Waals surface area (Å²) in [5.41, 5.74) is 2.05. The maximum Gasteiger partial charge on any atom is 0.142 e. The van der Waals surface area contributed by atoms with E-state index in [0.29, 0.717) is 5.92 Å². The first-order chi connectivity index (χ1) is 7.75. The molecule has 0 saturated heterocycles. The molecule has 3 heteroatoms. The van der Waals surface area contributed by atoms with Gasteiger partial charge in [-0.2, -0.15) is 0 Å². The zero-order chi connectivity index (χ0) is 11.1. The van der Waals surface area contributed by atoms with Gasteiger partial charge in [-0.25, -0.2) is 9.97 Å². The number of aromatic nitrogens is 3. The highest BCUT2D eigenvalue weighted by molar-refractivity contribution is 6.05. The van der Waals surface area contributed by atoms with E-state index in [2.05, 4.69) is 40.9 Å². The number of rotatable bonds is 1. The minimum absolute atomic E-state index is 0.357. The lowest BCUT2D eigenvalue weighted by Crippen LogP contribution is -1.96. The highest BCUT2D eigenvalue weighted by atomic mass is 14.9. The van der Waals surface area contributed by atoms with Crippen molar-refractivity contribution in [1.29, 1.82) is 0 Å². The number of aromatic amines is 1. The zero-order valence-corrected chi connectivity index (χ0v) is 9.36. The van der Waals surface area contributed by atoms with Gasteiger partial charge in [0.25, 0.3) is 0 Å². The van der Waals surface area contributed by atoms with E-state index in [1.807, 2.05) is 18.3 Å². The molecule has 0 unspecified atom stereocenters. The molecule has 1 aromatic carbocycles. The Balaban J connectivity index is 2.37. The minimum Gasteiger partial charge on any atom is -0.339 e. The van der Waals surface area contributed by atoms with Crippen LogP contribution in [0.5, 0.6) is 0 Å². The molecule has 0 spiro atoms. The third-order valence-corrected chi connectivity index (χ3v) is 2.79. The summed E-state index contributed by atoms with van der Waals surface area (Å²) in [7, 11) is 0. The number of hydrogen-bond donors (Lipinski definition) is 1. The molecule has 2 aromatic heterocycles. The maximum atomic E-state index is 4.55. The molecule has 2 heterocycles. The van der Waals surface area contributed by atoms with E-state index in [1.165, 1.54) is 5.39 Å². The van der Waals surface area contributed by atoms with Gasteiger partial charge in [-0.1, -0.05) is 32.0 Å². The number of H-pyrrole nitrogens is 1. The monoisotopic (exact) mass is 211 g/mol. The van der Waals surface area contributed by atoms with Gasteiger partial charge < -0.3 is 4.98 Å². The molecule has 1 N–H and O–H groups in total. The number of fused-ring (bicyclic) bond motifs is 3. The molecule has 80 valence electrons. The van der Waals surface area contributed by atoms with Crippen LogP contribution in [0.4, 0.5) is 0 Å². The van der Waals surface area contributed by atoms with Crippen LogP contribution < -0.4 is 0 Å². The molecular formula is C13H13N3. The molecule has 0 amide bonds. The molecule has 0 aliphatic rings. The van der Waals surface area contributed by atoms with Crippen molar-refractivity contribution < 1.29 is 0 Å². The summed E-state index contributed by atoms with van der Waals surface area (Å²) in [4.78, 5) is 12.3. The summed E-state index contributed by atoms with van der Waals surface area (Å²) in [5.74, 6) is 1.25. The van der Waals surface area contributed by atoms with Crippen molar-refractivity contribution >= 4 is 21.9 Å². The van der Waals surface area contributed by atoms with Gasteiger partial charge in [-0.05, 0) is 6.07 Å². The normalized spacial score (nSPS) is 11.7. The van der Waals surface area contributed by atoms with Crippen LogP contribution in [0.15, 0.2) is 30.5 Å². The van der Waals surface area contributed by atoms with Crippen molar-refractivity contribution in [2.45, 2.75) is 19.8 Å². The largest absolute Gasteiger partial charge is 0.339 e. The number of nitrogens with one attached hydrogen (secondary N) is 1. The Bertz CT molecular complexity index is 652. The Morgan fingerprint density at radius 3 is 2.75 bits per heavy atom. The van der Waals surface area contributed by atoms with Crippen LogP contribution in [0.25, 0.3) is 21.9 Å². The lowest BCUT2D eigenvalue weighted by molar-refractivity contribution is 0.781. The van der Waals surface area contributed by atoms with E-state index in [4.69, 9.17) is 0 Å². The van der Waals surface area contributed by atoms with Crippen LogP contribution >= 0.6 is 0 Å². The molecule has 0 radical (unpaired) electrons. The molecule has 3 rings (SSSR count). The fourth-order valence-corrected chi connectivity index (χ4v) is 1.92. The molecule has 16 heavy (non-hydrogen) atoms. The smallest absolute Gasteiger partial charge is 0.142 e. The van der Waals surface area contributed by atoms with E-state index in [1.54, 1.807) is 0 Å². The summed E-state index contributed by atoms with van der Waals surface area (Å²) in [6.07, 6.45) is 1.91. The molecule has 0 atom stereocenters. The highest BCUT2D eigenvalue weighted by Gasteiger charge is 2.08. The van der Waals surface area contributed by atoms with E-state index in [9.17, 15) is 0 Å². The fraction of sp³-hybridized carbons (Fsp3) is 0.231. The Labute approximate surface area is 93.5 Å². The average molecular weight is 211 g/mol. The van der Waals surface area contributed by atoms with Gasteiger partial charge in [-0.15, -0.1) is 0 Å². The second-order valence-corrected chi connectivity index (χ2v) is 4.32. The van der Waals surface area contributed by atoms with Gasteiger partial charge in [0.1, 0.15) is 11.5 Å². The van der Waals surface area contributed by atoms with Crippen molar-refractivity contribution in [3.63, 3.8) is 0 Å². The molecule has 0 aliphatic heterocycles. The van der Waals surface area contributed by atoms with E-state index < -0.39 is 0 Å². The van der Waals surface area contributed by atoms with Crippen molar-refractivity contribution in [3.8, 4) is 0 Å². The van der Waals surface area contributed by atoms with Crippen molar-refractivity contribution in [1.82, 2.24) is 15.0 Å². The van der Waals surface area contributed by atoms with Crippen molar-refractivity contribution in [2.24, 2.45) is 0 Å². The standard InChI is InChI=1S/C13H13N3/c1-8(2)12-14-7-10-9-5-3-4-6-11(9)15-13(10)16-12/h3-8H,1-2H3,(H,14,15,16). The summed E-state index contributed by atoms with van der Waals surface area (Å²) < 4.78 is 0. The van der Waals surface area contributed by atoms with Crippen molar-refractivity contribution in [2.75, 3.05) is 0 Å². The topological polar surface area (TPSA) is 41.6 Å². The number of hydrogen-bond acceptors (Lipinski definition) is 2. The average Bonchev–Trinajstić information content (AvgIpc) is 2.66. The van der Waals surface area contributed by atoms with Gasteiger partial charge >= 0.3 is 0 Å². The van der Waals surface area contributed by atoms with E-state index >= 15 is 0 Å². The molecule has 3 aromatic rings. The summed E-state index contributed by atoms with van der Waals surface area (Å²) in [5, 5.41) is 2.29. The molecule has 0 bridgehead atoms. The lowest BCUT2D eigenvalue weighted by atomic mass is 10.2. The van der Waals surface area contributed by atoms with Crippen LogP contribution in [0, 0.1) is 0 Å².